The summed E-state index contributed by atoms with van der Waals surface area (Å²) in [6, 6.07) is 77.1. The summed E-state index contributed by atoms with van der Waals surface area (Å²) in [5, 5.41) is 3.65. The molecular formula is C56H39NO. The first-order chi connectivity index (χ1) is 28.7. The summed E-state index contributed by atoms with van der Waals surface area (Å²) in [4.78, 5) is 2.42. The van der Waals surface area contributed by atoms with E-state index in [9.17, 15) is 0 Å². The lowest BCUT2D eigenvalue weighted by Gasteiger charge is -2.29. The zero-order valence-corrected chi connectivity index (χ0v) is 32.0. The Bertz CT molecular complexity index is 3100. The third kappa shape index (κ3) is 5.98. The van der Waals surface area contributed by atoms with Crippen LogP contribution in [-0.4, -0.2) is 0 Å². The minimum Gasteiger partial charge on any atom is -0.460 e. The van der Waals surface area contributed by atoms with Crippen molar-refractivity contribution < 1.29 is 4.42 Å². The Kier molecular flexibility index (Phi) is 8.33. The largest absolute Gasteiger partial charge is 0.460 e. The molecule has 0 spiro atoms. The number of nitrogens with zero attached hydrogens (tertiary/aromatic N) is 1. The maximum atomic E-state index is 6.40. The van der Waals surface area contributed by atoms with Crippen LogP contribution in [0, 0.1) is 0 Å². The van der Waals surface area contributed by atoms with Crippen LogP contribution in [0.1, 0.15) is 11.3 Å². The van der Waals surface area contributed by atoms with E-state index in [2.05, 4.69) is 217 Å². The molecule has 0 saturated heterocycles. The molecule has 0 saturated carbocycles. The first-order valence-corrected chi connectivity index (χ1v) is 20.1. The van der Waals surface area contributed by atoms with E-state index in [1.54, 1.807) is 0 Å². The second kappa shape index (κ2) is 14.3. The SMILES string of the molecule is c1ccc(-c2ccc(N(c3ccc(-c4ccc5c(c4)-c4c(oc6ccccc46)CC5)c(-c4ccccc4)c3)c3ccccc3-c3ccc4ccccc4c3)cc2)cc1. The molecule has 10 aromatic rings. The second-order valence-electron chi connectivity index (χ2n) is 15.2. The van der Waals surface area contributed by atoms with Gasteiger partial charge in [0.1, 0.15) is 11.3 Å². The van der Waals surface area contributed by atoms with Gasteiger partial charge in [-0.2, -0.15) is 0 Å². The van der Waals surface area contributed by atoms with E-state index < -0.39 is 0 Å². The molecule has 2 heteroatoms. The van der Waals surface area contributed by atoms with Crippen LogP contribution in [0.3, 0.4) is 0 Å². The molecule has 1 aliphatic rings. The topological polar surface area (TPSA) is 16.4 Å². The first kappa shape index (κ1) is 33.9. The number of benzene rings is 9. The molecule has 0 N–H and O–H groups in total. The van der Waals surface area contributed by atoms with Gasteiger partial charge in [-0.3, -0.25) is 0 Å². The highest BCUT2D eigenvalue weighted by Gasteiger charge is 2.25. The van der Waals surface area contributed by atoms with Crippen molar-refractivity contribution >= 4 is 38.8 Å². The lowest BCUT2D eigenvalue weighted by molar-refractivity contribution is 0.546. The molecule has 11 rings (SSSR count). The second-order valence-corrected chi connectivity index (χ2v) is 15.2. The molecule has 0 aliphatic heterocycles. The number of hydrogen-bond donors (Lipinski definition) is 0. The molecule has 1 heterocycles. The fourth-order valence-electron chi connectivity index (χ4n) is 8.92. The number of anilines is 3. The lowest BCUT2D eigenvalue weighted by atomic mass is 9.85. The van der Waals surface area contributed by atoms with Crippen LogP contribution < -0.4 is 4.90 Å². The van der Waals surface area contributed by atoms with Crippen molar-refractivity contribution in [3.8, 4) is 55.6 Å². The predicted molar refractivity (Wildman–Crippen MR) is 243 cm³/mol. The maximum absolute atomic E-state index is 6.40. The molecule has 9 aromatic carbocycles. The average molecular weight is 742 g/mol. The third-order valence-corrected chi connectivity index (χ3v) is 11.8. The van der Waals surface area contributed by atoms with Crippen molar-refractivity contribution in [3.05, 3.63) is 224 Å². The minimum atomic E-state index is 0.920. The zero-order valence-electron chi connectivity index (χ0n) is 32.0. The summed E-state index contributed by atoms with van der Waals surface area (Å²) >= 11 is 0. The normalized spacial score (nSPS) is 12.0. The van der Waals surface area contributed by atoms with Gasteiger partial charge in [0.2, 0.25) is 0 Å². The van der Waals surface area contributed by atoms with Crippen LogP contribution in [0.15, 0.2) is 217 Å². The van der Waals surface area contributed by atoms with Crippen LogP contribution >= 0.6 is 0 Å². The lowest BCUT2D eigenvalue weighted by Crippen LogP contribution is -2.11. The number of rotatable bonds is 7. The summed E-state index contributed by atoms with van der Waals surface area (Å²) < 4.78 is 6.40. The number of furan rings is 1. The van der Waals surface area contributed by atoms with Gasteiger partial charge < -0.3 is 9.32 Å². The average Bonchev–Trinajstić information content (AvgIpc) is 3.69. The van der Waals surface area contributed by atoms with Crippen molar-refractivity contribution in [3.63, 3.8) is 0 Å². The molecule has 0 fully saturated rings. The van der Waals surface area contributed by atoms with Crippen LogP contribution in [0.25, 0.3) is 77.4 Å². The van der Waals surface area contributed by atoms with E-state index in [1.165, 1.54) is 77.4 Å². The van der Waals surface area contributed by atoms with Crippen LogP contribution in [0.4, 0.5) is 17.1 Å². The molecule has 58 heavy (non-hydrogen) atoms. The number of hydrogen-bond acceptors (Lipinski definition) is 2. The van der Waals surface area contributed by atoms with E-state index in [4.69, 9.17) is 4.42 Å². The molecule has 1 aromatic heterocycles. The van der Waals surface area contributed by atoms with Crippen molar-refractivity contribution in [1.29, 1.82) is 0 Å². The summed E-state index contributed by atoms with van der Waals surface area (Å²) in [7, 11) is 0. The number of para-hydroxylation sites is 2. The van der Waals surface area contributed by atoms with Crippen molar-refractivity contribution in [2.75, 3.05) is 4.90 Å². The maximum Gasteiger partial charge on any atom is 0.134 e. The molecule has 274 valence electrons. The number of aryl methyl sites for hydroxylation is 2. The van der Waals surface area contributed by atoms with Crippen LogP contribution in [0.5, 0.6) is 0 Å². The van der Waals surface area contributed by atoms with Gasteiger partial charge in [0.25, 0.3) is 0 Å². The monoisotopic (exact) mass is 741 g/mol. The summed E-state index contributed by atoms with van der Waals surface area (Å²) in [6.07, 6.45) is 1.89. The molecule has 0 bridgehead atoms. The van der Waals surface area contributed by atoms with E-state index in [1.807, 2.05) is 0 Å². The quantitative estimate of drug-likeness (QED) is 0.162. The highest BCUT2D eigenvalue weighted by Crippen LogP contribution is 2.47. The molecule has 0 amide bonds. The Morgan fingerprint density at radius 3 is 1.84 bits per heavy atom. The Morgan fingerprint density at radius 2 is 1.00 bits per heavy atom. The van der Waals surface area contributed by atoms with Gasteiger partial charge in [-0.05, 0) is 116 Å². The molecular weight excluding hydrogens is 703 g/mol. The van der Waals surface area contributed by atoms with Gasteiger partial charge in [-0.15, -0.1) is 0 Å². The van der Waals surface area contributed by atoms with Gasteiger partial charge in [0.15, 0.2) is 0 Å². The first-order valence-electron chi connectivity index (χ1n) is 20.1. The predicted octanol–water partition coefficient (Wildman–Crippen LogP) is 15.5. The Labute approximate surface area is 338 Å². The standard InChI is InChI=1S/C56H39NO/c1-3-13-38(14-4-1)40-27-30-46(31-28-40)57(53-21-11-9-19-49(53)44-25-23-39-15-7-8-18-43(39)35-44)47-32-33-48(51(37-47)41-16-5-2-6-17-41)45-26-24-42-29-34-55-56(52(42)36-45)50-20-10-12-22-54(50)58-55/h1-28,30-33,35-37H,29,34H2. The molecule has 0 unspecified atom stereocenters. The van der Waals surface area contributed by atoms with Crippen molar-refractivity contribution in [2.45, 2.75) is 12.8 Å². The summed E-state index contributed by atoms with van der Waals surface area (Å²) in [5.41, 5.74) is 17.6. The fourth-order valence-corrected chi connectivity index (χ4v) is 8.92. The van der Waals surface area contributed by atoms with Gasteiger partial charge in [-0.25, -0.2) is 0 Å². The third-order valence-electron chi connectivity index (χ3n) is 11.8. The van der Waals surface area contributed by atoms with Gasteiger partial charge >= 0.3 is 0 Å². The van der Waals surface area contributed by atoms with Crippen molar-refractivity contribution in [2.24, 2.45) is 0 Å². The summed E-state index contributed by atoms with van der Waals surface area (Å²) in [6.45, 7) is 0. The molecule has 2 nitrogen and oxygen atoms in total. The Morgan fingerprint density at radius 1 is 0.362 bits per heavy atom. The van der Waals surface area contributed by atoms with E-state index in [-0.39, 0.29) is 0 Å². The molecule has 1 aliphatic carbocycles. The highest BCUT2D eigenvalue weighted by atomic mass is 16.3. The van der Waals surface area contributed by atoms with Crippen molar-refractivity contribution in [1.82, 2.24) is 0 Å². The fraction of sp³-hybridized carbons (Fsp3) is 0.0357. The minimum absolute atomic E-state index is 0.920. The van der Waals surface area contributed by atoms with Crippen LogP contribution in [-0.2, 0) is 12.8 Å². The molecule has 0 radical (unpaired) electrons. The van der Waals surface area contributed by atoms with E-state index >= 15 is 0 Å². The van der Waals surface area contributed by atoms with E-state index in [0.717, 1.165) is 41.2 Å². The highest BCUT2D eigenvalue weighted by molar-refractivity contribution is 6.00. The Balaban J connectivity index is 1.10. The Hall–Kier alpha value is -7.42. The van der Waals surface area contributed by atoms with Gasteiger partial charge in [-0.1, -0.05) is 164 Å². The summed E-state index contributed by atoms with van der Waals surface area (Å²) in [5.74, 6) is 1.09. The van der Waals surface area contributed by atoms with Crippen LogP contribution in [0.2, 0.25) is 0 Å². The van der Waals surface area contributed by atoms with E-state index in [0.29, 0.717) is 0 Å². The number of fused-ring (bicyclic) bond motifs is 6. The van der Waals surface area contributed by atoms with Gasteiger partial charge in [0.05, 0.1) is 5.69 Å². The smallest absolute Gasteiger partial charge is 0.134 e. The van der Waals surface area contributed by atoms with Gasteiger partial charge in [0, 0.05) is 34.3 Å². The zero-order chi connectivity index (χ0) is 38.4. The molecule has 0 atom stereocenters.